The third-order valence-electron chi connectivity index (χ3n) is 3.80. The number of likely N-dealkylation sites (N-methyl/N-ethyl adjacent to an activating group) is 1. The minimum atomic E-state index is 0.144. The summed E-state index contributed by atoms with van der Waals surface area (Å²) in [4.78, 5) is 17.1. The van der Waals surface area contributed by atoms with Crippen LogP contribution in [0.3, 0.4) is 0 Å². The lowest BCUT2D eigenvalue weighted by atomic mass is 10.1. The minimum Gasteiger partial charge on any atom is -0.493 e. The molecule has 0 bridgehead atoms. The predicted octanol–water partition coefficient (Wildman–Crippen LogP) is 1.90. The first-order valence-electron chi connectivity index (χ1n) is 7.29. The molecule has 1 aromatic rings. The summed E-state index contributed by atoms with van der Waals surface area (Å²) in [6.07, 6.45) is 0. The van der Waals surface area contributed by atoms with Crippen molar-refractivity contribution in [3.05, 3.63) is 29.8 Å². The molecule has 0 radical (unpaired) electrons. The standard InChI is InChI=1S/C16H24N2O2/c1-4-20-16-8-6-5-7-14(16)15(19)12-18-10-9-17(3)11-13(18)2/h5-8,13H,4,9-12H2,1-3H3. The zero-order valence-corrected chi connectivity index (χ0v) is 12.6. The lowest BCUT2D eigenvalue weighted by molar-refractivity contribution is 0.0744. The Morgan fingerprint density at radius 1 is 1.35 bits per heavy atom. The fourth-order valence-electron chi connectivity index (χ4n) is 2.66. The van der Waals surface area contributed by atoms with Gasteiger partial charge in [-0.15, -0.1) is 0 Å². The Kier molecular flexibility index (Phi) is 5.15. The average molecular weight is 276 g/mol. The number of nitrogens with zero attached hydrogens (tertiary/aromatic N) is 2. The van der Waals surface area contributed by atoms with Crippen LogP contribution in [0.1, 0.15) is 24.2 Å². The molecular weight excluding hydrogens is 252 g/mol. The van der Waals surface area contributed by atoms with Crippen LogP contribution in [-0.2, 0) is 0 Å². The largest absolute Gasteiger partial charge is 0.493 e. The zero-order valence-electron chi connectivity index (χ0n) is 12.6. The topological polar surface area (TPSA) is 32.8 Å². The van der Waals surface area contributed by atoms with Gasteiger partial charge in [0.2, 0.25) is 0 Å². The van der Waals surface area contributed by atoms with Crippen LogP contribution in [0.15, 0.2) is 24.3 Å². The van der Waals surface area contributed by atoms with E-state index in [9.17, 15) is 4.79 Å². The molecule has 1 aromatic carbocycles. The number of hydrogen-bond donors (Lipinski definition) is 0. The number of para-hydroxylation sites is 1. The number of carbonyl (C=O) groups excluding carboxylic acids is 1. The van der Waals surface area contributed by atoms with E-state index < -0.39 is 0 Å². The van der Waals surface area contributed by atoms with E-state index in [0.29, 0.717) is 30.5 Å². The van der Waals surface area contributed by atoms with Gasteiger partial charge in [0.25, 0.3) is 0 Å². The highest BCUT2D eigenvalue weighted by Crippen LogP contribution is 2.19. The molecule has 1 saturated heterocycles. The summed E-state index contributed by atoms with van der Waals surface area (Å²) in [7, 11) is 2.13. The van der Waals surface area contributed by atoms with Gasteiger partial charge >= 0.3 is 0 Å². The first kappa shape index (κ1) is 15.0. The summed E-state index contributed by atoms with van der Waals surface area (Å²) < 4.78 is 5.54. The summed E-state index contributed by atoms with van der Waals surface area (Å²) in [5, 5.41) is 0. The molecule has 110 valence electrons. The Labute approximate surface area is 121 Å². The van der Waals surface area contributed by atoms with Crippen molar-refractivity contribution < 1.29 is 9.53 Å². The molecular formula is C16H24N2O2. The van der Waals surface area contributed by atoms with Crippen LogP contribution in [0.5, 0.6) is 5.75 Å². The third kappa shape index (κ3) is 3.58. The van der Waals surface area contributed by atoms with E-state index in [0.717, 1.165) is 19.6 Å². The summed E-state index contributed by atoms with van der Waals surface area (Å²) in [6.45, 7) is 8.14. The van der Waals surface area contributed by atoms with Crippen molar-refractivity contribution in [3.8, 4) is 5.75 Å². The maximum Gasteiger partial charge on any atom is 0.180 e. The Morgan fingerprint density at radius 3 is 2.80 bits per heavy atom. The maximum atomic E-state index is 12.5. The van der Waals surface area contributed by atoms with Crippen LogP contribution in [0.4, 0.5) is 0 Å². The normalized spacial score (nSPS) is 20.9. The molecule has 1 unspecified atom stereocenters. The number of Topliss-reactive ketones (excluding diaryl/α,β-unsaturated/α-hetero) is 1. The first-order valence-corrected chi connectivity index (χ1v) is 7.29. The fourth-order valence-corrected chi connectivity index (χ4v) is 2.66. The Balaban J connectivity index is 2.05. The quantitative estimate of drug-likeness (QED) is 0.769. The van der Waals surface area contributed by atoms with Gasteiger partial charge in [-0.05, 0) is 33.0 Å². The molecule has 2 rings (SSSR count). The molecule has 1 fully saturated rings. The number of ether oxygens (including phenoxy) is 1. The molecule has 0 saturated carbocycles. The van der Waals surface area contributed by atoms with Crippen LogP contribution in [0.25, 0.3) is 0 Å². The van der Waals surface area contributed by atoms with E-state index in [2.05, 4.69) is 23.8 Å². The van der Waals surface area contributed by atoms with Gasteiger partial charge in [0, 0.05) is 25.7 Å². The monoisotopic (exact) mass is 276 g/mol. The number of benzene rings is 1. The summed E-state index contributed by atoms with van der Waals surface area (Å²) in [6, 6.07) is 7.93. The molecule has 1 atom stereocenters. The van der Waals surface area contributed by atoms with Gasteiger partial charge < -0.3 is 9.64 Å². The maximum absolute atomic E-state index is 12.5. The predicted molar refractivity (Wildman–Crippen MR) is 80.5 cm³/mol. The summed E-state index contributed by atoms with van der Waals surface area (Å²) in [5.74, 6) is 0.840. The molecule has 0 aromatic heterocycles. The number of carbonyl (C=O) groups is 1. The van der Waals surface area contributed by atoms with Crippen LogP contribution in [0, 0.1) is 0 Å². The van der Waals surface area contributed by atoms with Crippen LogP contribution >= 0.6 is 0 Å². The molecule has 0 aliphatic carbocycles. The molecule has 4 nitrogen and oxygen atoms in total. The van der Waals surface area contributed by atoms with Crippen molar-refractivity contribution in [2.75, 3.05) is 39.8 Å². The molecule has 1 heterocycles. The van der Waals surface area contributed by atoms with Gasteiger partial charge in [-0.3, -0.25) is 9.69 Å². The minimum absolute atomic E-state index is 0.144. The molecule has 0 spiro atoms. The molecule has 20 heavy (non-hydrogen) atoms. The smallest absolute Gasteiger partial charge is 0.180 e. The molecule has 1 aliphatic rings. The van der Waals surface area contributed by atoms with Crippen molar-refractivity contribution >= 4 is 5.78 Å². The van der Waals surface area contributed by atoms with Crippen LogP contribution in [-0.4, -0.2) is 61.5 Å². The highest BCUT2D eigenvalue weighted by molar-refractivity contribution is 6.00. The van der Waals surface area contributed by atoms with Gasteiger partial charge in [0.15, 0.2) is 5.78 Å². The SMILES string of the molecule is CCOc1ccccc1C(=O)CN1CCN(C)CC1C. The van der Waals surface area contributed by atoms with E-state index >= 15 is 0 Å². The second-order valence-electron chi connectivity index (χ2n) is 5.43. The van der Waals surface area contributed by atoms with Crippen LogP contribution in [0.2, 0.25) is 0 Å². The Bertz CT molecular complexity index is 462. The highest BCUT2D eigenvalue weighted by atomic mass is 16.5. The number of hydrogen-bond acceptors (Lipinski definition) is 4. The van der Waals surface area contributed by atoms with Gasteiger partial charge in [-0.1, -0.05) is 12.1 Å². The van der Waals surface area contributed by atoms with Gasteiger partial charge in [0.05, 0.1) is 18.7 Å². The van der Waals surface area contributed by atoms with Crippen molar-refractivity contribution in [2.45, 2.75) is 19.9 Å². The zero-order chi connectivity index (χ0) is 14.5. The Hall–Kier alpha value is -1.39. The van der Waals surface area contributed by atoms with Crippen molar-refractivity contribution in [2.24, 2.45) is 0 Å². The third-order valence-corrected chi connectivity index (χ3v) is 3.80. The number of ketones is 1. The second-order valence-corrected chi connectivity index (χ2v) is 5.43. The van der Waals surface area contributed by atoms with Gasteiger partial charge in [-0.2, -0.15) is 0 Å². The van der Waals surface area contributed by atoms with E-state index in [4.69, 9.17) is 4.74 Å². The first-order chi connectivity index (χ1) is 9.61. The summed E-state index contributed by atoms with van der Waals surface area (Å²) >= 11 is 0. The van der Waals surface area contributed by atoms with Crippen molar-refractivity contribution in [3.63, 3.8) is 0 Å². The Morgan fingerprint density at radius 2 is 2.10 bits per heavy atom. The van der Waals surface area contributed by atoms with Crippen molar-refractivity contribution in [1.82, 2.24) is 9.80 Å². The van der Waals surface area contributed by atoms with E-state index in [1.165, 1.54) is 0 Å². The molecule has 0 N–H and O–H groups in total. The van der Waals surface area contributed by atoms with Gasteiger partial charge in [-0.25, -0.2) is 0 Å². The summed E-state index contributed by atoms with van der Waals surface area (Å²) in [5.41, 5.74) is 0.695. The van der Waals surface area contributed by atoms with Crippen LogP contribution < -0.4 is 4.74 Å². The lowest BCUT2D eigenvalue weighted by Gasteiger charge is -2.37. The second kappa shape index (κ2) is 6.86. The number of piperazine rings is 1. The van der Waals surface area contributed by atoms with Gasteiger partial charge in [0.1, 0.15) is 5.75 Å². The van der Waals surface area contributed by atoms with E-state index in [1.54, 1.807) is 0 Å². The fraction of sp³-hybridized carbons (Fsp3) is 0.562. The average Bonchev–Trinajstić information content (AvgIpc) is 2.43. The highest BCUT2D eigenvalue weighted by Gasteiger charge is 2.24. The van der Waals surface area contributed by atoms with E-state index in [1.807, 2.05) is 31.2 Å². The van der Waals surface area contributed by atoms with E-state index in [-0.39, 0.29) is 5.78 Å². The molecule has 1 aliphatic heterocycles. The molecule has 0 amide bonds. The number of rotatable bonds is 5. The van der Waals surface area contributed by atoms with Crippen molar-refractivity contribution in [1.29, 1.82) is 0 Å². The molecule has 4 heteroatoms. The lowest BCUT2D eigenvalue weighted by Crippen LogP contribution is -2.51.